The first-order valence-corrected chi connectivity index (χ1v) is 9.21. The van der Waals surface area contributed by atoms with Crippen LogP contribution in [0.25, 0.3) is 0 Å². The van der Waals surface area contributed by atoms with Crippen molar-refractivity contribution in [2.45, 2.75) is 24.2 Å². The van der Waals surface area contributed by atoms with Crippen molar-refractivity contribution in [3.05, 3.63) is 52.8 Å². The molecule has 4 nitrogen and oxygen atoms in total. The van der Waals surface area contributed by atoms with Gasteiger partial charge in [-0.3, -0.25) is 4.98 Å². The van der Waals surface area contributed by atoms with Crippen LogP contribution in [-0.2, 0) is 29.1 Å². The Hall–Kier alpha value is -1.88. The molecular weight excluding hydrogens is 296 g/mol. The molecule has 2 aromatic rings. The van der Waals surface area contributed by atoms with Gasteiger partial charge in [0.05, 0.1) is 4.90 Å². The number of hydrogen-bond acceptors (Lipinski definition) is 4. The highest BCUT2D eigenvalue weighted by molar-refractivity contribution is 7.90. The van der Waals surface area contributed by atoms with Gasteiger partial charge in [0.25, 0.3) is 0 Å². The van der Waals surface area contributed by atoms with Crippen LogP contribution in [0.4, 0.5) is 5.69 Å². The van der Waals surface area contributed by atoms with Crippen molar-refractivity contribution in [1.29, 1.82) is 0 Å². The first-order chi connectivity index (χ1) is 10.3. The normalized spacial score (nSPS) is 14.0. The lowest BCUT2D eigenvalue weighted by Crippen LogP contribution is -2.09. The largest absolute Gasteiger partial charge is 0.378 e. The van der Waals surface area contributed by atoms with Crippen LogP contribution in [0, 0.1) is 0 Å². The lowest BCUT2D eigenvalue weighted by molar-refractivity contribution is 0.601. The number of fused-ring (bicyclic) bond motifs is 2. The maximum atomic E-state index is 11.7. The van der Waals surface area contributed by atoms with E-state index in [4.69, 9.17) is 0 Å². The van der Waals surface area contributed by atoms with Crippen molar-refractivity contribution < 1.29 is 8.42 Å². The summed E-state index contributed by atoms with van der Waals surface area (Å²) in [6.07, 6.45) is 5.24. The van der Waals surface area contributed by atoms with E-state index in [0.717, 1.165) is 30.5 Å². The summed E-state index contributed by atoms with van der Waals surface area (Å²) in [6, 6.07) is 8.26. The van der Waals surface area contributed by atoms with E-state index in [1.165, 1.54) is 29.3 Å². The Morgan fingerprint density at radius 2 is 1.82 bits per heavy atom. The predicted octanol–water partition coefficient (Wildman–Crippen LogP) is 2.24. The molecule has 5 heteroatoms. The predicted molar refractivity (Wildman–Crippen MR) is 88.3 cm³/mol. The number of hydrogen-bond donors (Lipinski definition) is 0. The SMILES string of the molecule is CN(C)c1ccc2c(c1)CCc1ncc(S(C)(=O)=O)cc1C2. The van der Waals surface area contributed by atoms with Crippen LogP contribution in [0.5, 0.6) is 0 Å². The minimum atomic E-state index is -3.21. The van der Waals surface area contributed by atoms with Crippen LogP contribution in [0.1, 0.15) is 22.4 Å². The van der Waals surface area contributed by atoms with Crippen LogP contribution < -0.4 is 4.90 Å². The molecule has 0 bridgehead atoms. The molecule has 0 saturated carbocycles. The van der Waals surface area contributed by atoms with Crippen molar-refractivity contribution in [3.8, 4) is 0 Å². The molecule has 1 heterocycles. The Balaban J connectivity index is 2.03. The zero-order valence-corrected chi connectivity index (χ0v) is 13.9. The summed E-state index contributed by atoms with van der Waals surface area (Å²) >= 11 is 0. The van der Waals surface area contributed by atoms with E-state index in [1.54, 1.807) is 6.07 Å². The van der Waals surface area contributed by atoms with E-state index in [0.29, 0.717) is 4.90 Å². The molecule has 1 aliphatic rings. The van der Waals surface area contributed by atoms with Gasteiger partial charge in [0, 0.05) is 37.9 Å². The third kappa shape index (κ3) is 2.86. The Kier molecular flexibility index (Phi) is 3.68. The summed E-state index contributed by atoms with van der Waals surface area (Å²) in [5.74, 6) is 0. The molecule has 0 aliphatic heterocycles. The summed E-state index contributed by atoms with van der Waals surface area (Å²) < 4.78 is 23.4. The Morgan fingerprint density at radius 3 is 2.50 bits per heavy atom. The Labute approximate surface area is 131 Å². The van der Waals surface area contributed by atoms with Crippen LogP contribution in [-0.4, -0.2) is 33.8 Å². The number of sulfone groups is 1. The summed E-state index contributed by atoms with van der Waals surface area (Å²) in [7, 11) is 0.857. The van der Waals surface area contributed by atoms with Gasteiger partial charge in [-0.1, -0.05) is 6.07 Å². The minimum absolute atomic E-state index is 0.305. The summed E-state index contributed by atoms with van der Waals surface area (Å²) in [5.41, 5.74) is 5.81. The lowest BCUT2D eigenvalue weighted by atomic mass is 10.0. The molecular formula is C17H20N2O2S. The fraction of sp³-hybridized carbons (Fsp3) is 0.353. The molecule has 22 heavy (non-hydrogen) atoms. The monoisotopic (exact) mass is 316 g/mol. The van der Waals surface area contributed by atoms with Gasteiger partial charge >= 0.3 is 0 Å². The summed E-state index contributed by atoms with van der Waals surface area (Å²) in [6.45, 7) is 0. The Morgan fingerprint density at radius 1 is 1.05 bits per heavy atom. The molecule has 0 unspecified atom stereocenters. The van der Waals surface area contributed by atoms with Gasteiger partial charge in [-0.25, -0.2) is 8.42 Å². The molecule has 0 spiro atoms. The number of benzene rings is 1. The number of aryl methyl sites for hydroxylation is 2. The van der Waals surface area contributed by atoms with Gasteiger partial charge in [-0.2, -0.15) is 0 Å². The maximum Gasteiger partial charge on any atom is 0.177 e. The highest BCUT2D eigenvalue weighted by atomic mass is 32.2. The number of rotatable bonds is 2. The van der Waals surface area contributed by atoms with Crippen LogP contribution in [0.2, 0.25) is 0 Å². The van der Waals surface area contributed by atoms with Gasteiger partial charge in [-0.15, -0.1) is 0 Å². The van der Waals surface area contributed by atoms with Crippen molar-refractivity contribution in [2.24, 2.45) is 0 Å². The number of nitrogens with zero attached hydrogens (tertiary/aromatic N) is 2. The highest BCUT2D eigenvalue weighted by Crippen LogP contribution is 2.27. The zero-order valence-electron chi connectivity index (χ0n) is 13.1. The van der Waals surface area contributed by atoms with Crippen molar-refractivity contribution >= 4 is 15.5 Å². The standard InChI is InChI=1S/C17H20N2O2S/c1-19(2)15-6-4-12-8-14-10-16(22(3,20)21)11-18-17(14)7-5-13(12)9-15/h4,6,9-11H,5,7-8H2,1-3H3. The molecule has 0 N–H and O–H groups in total. The summed E-state index contributed by atoms with van der Waals surface area (Å²) in [4.78, 5) is 6.80. The van der Waals surface area contributed by atoms with Gasteiger partial charge in [0.15, 0.2) is 9.84 Å². The topological polar surface area (TPSA) is 50.3 Å². The van der Waals surface area contributed by atoms with E-state index in [2.05, 4.69) is 28.1 Å². The second-order valence-corrected chi connectivity index (χ2v) is 8.09. The van der Waals surface area contributed by atoms with E-state index in [1.807, 2.05) is 14.1 Å². The molecule has 0 atom stereocenters. The van der Waals surface area contributed by atoms with E-state index in [9.17, 15) is 8.42 Å². The number of aromatic nitrogens is 1. The third-order valence-electron chi connectivity index (χ3n) is 4.18. The van der Waals surface area contributed by atoms with Crippen LogP contribution >= 0.6 is 0 Å². The van der Waals surface area contributed by atoms with Gasteiger partial charge in [-0.05, 0) is 54.2 Å². The van der Waals surface area contributed by atoms with Crippen LogP contribution in [0.3, 0.4) is 0 Å². The second kappa shape index (κ2) is 5.39. The number of pyridine rings is 1. The van der Waals surface area contributed by atoms with Crippen molar-refractivity contribution in [1.82, 2.24) is 4.98 Å². The van der Waals surface area contributed by atoms with Crippen molar-refractivity contribution in [2.75, 3.05) is 25.3 Å². The Bertz CT molecular complexity index is 827. The third-order valence-corrected chi connectivity index (χ3v) is 5.26. The molecule has 1 aromatic heterocycles. The number of anilines is 1. The molecule has 1 aromatic carbocycles. The molecule has 0 fully saturated rings. The molecule has 0 saturated heterocycles. The van der Waals surface area contributed by atoms with Crippen LogP contribution in [0.15, 0.2) is 35.4 Å². The molecule has 0 amide bonds. The quantitative estimate of drug-likeness (QED) is 0.852. The fourth-order valence-corrected chi connectivity index (χ4v) is 3.45. The van der Waals surface area contributed by atoms with E-state index < -0.39 is 9.84 Å². The maximum absolute atomic E-state index is 11.7. The van der Waals surface area contributed by atoms with Gasteiger partial charge < -0.3 is 4.90 Å². The average Bonchev–Trinajstić information content (AvgIpc) is 2.63. The van der Waals surface area contributed by atoms with Gasteiger partial charge in [0.2, 0.25) is 0 Å². The van der Waals surface area contributed by atoms with E-state index in [-0.39, 0.29) is 0 Å². The van der Waals surface area contributed by atoms with E-state index >= 15 is 0 Å². The molecule has 1 aliphatic carbocycles. The minimum Gasteiger partial charge on any atom is -0.378 e. The average molecular weight is 316 g/mol. The first-order valence-electron chi connectivity index (χ1n) is 7.31. The zero-order chi connectivity index (χ0) is 15.9. The fourth-order valence-electron chi connectivity index (χ4n) is 2.85. The first kappa shape index (κ1) is 15.0. The van der Waals surface area contributed by atoms with Gasteiger partial charge in [0.1, 0.15) is 0 Å². The van der Waals surface area contributed by atoms with Crippen molar-refractivity contribution in [3.63, 3.8) is 0 Å². The summed E-state index contributed by atoms with van der Waals surface area (Å²) in [5, 5.41) is 0. The molecule has 3 rings (SSSR count). The lowest BCUT2D eigenvalue weighted by Gasteiger charge is -2.15. The smallest absolute Gasteiger partial charge is 0.177 e. The molecule has 116 valence electrons. The highest BCUT2D eigenvalue weighted by Gasteiger charge is 2.18. The second-order valence-electron chi connectivity index (χ2n) is 6.07. The molecule has 0 radical (unpaired) electrons.